The lowest BCUT2D eigenvalue weighted by atomic mass is 10.2. The highest BCUT2D eigenvalue weighted by atomic mass is 79.9. The number of carbonyl (C=O) groups excluding carboxylic acids is 2. The Morgan fingerprint density at radius 2 is 1.71 bits per heavy atom. The Morgan fingerprint density at radius 1 is 1.00 bits per heavy atom. The van der Waals surface area contributed by atoms with Crippen molar-refractivity contribution in [1.82, 2.24) is 9.88 Å². The summed E-state index contributed by atoms with van der Waals surface area (Å²) < 4.78 is 0.799. The maximum Gasteiger partial charge on any atom is 0.267 e. The lowest BCUT2D eigenvalue weighted by molar-refractivity contribution is 0.0745. The number of aromatic nitrogens is 1. The molecule has 3 rings (SSSR count). The van der Waals surface area contributed by atoms with Gasteiger partial charge < -0.3 is 15.5 Å². The largest absolute Gasteiger partial charge is 0.364 e. The van der Waals surface area contributed by atoms with E-state index < -0.39 is 5.91 Å². The third-order valence-corrected chi connectivity index (χ3v) is 4.67. The van der Waals surface area contributed by atoms with Crippen molar-refractivity contribution in [3.8, 4) is 0 Å². The molecule has 1 aliphatic heterocycles. The van der Waals surface area contributed by atoms with Crippen LogP contribution in [-0.2, 0) is 0 Å². The van der Waals surface area contributed by atoms with Gasteiger partial charge in [-0.05, 0) is 40.2 Å². The molecule has 0 atom stereocenters. The van der Waals surface area contributed by atoms with E-state index in [-0.39, 0.29) is 11.6 Å². The number of amides is 2. The quantitative estimate of drug-likeness (QED) is 0.870. The Morgan fingerprint density at radius 3 is 2.38 bits per heavy atom. The van der Waals surface area contributed by atoms with Gasteiger partial charge in [-0.25, -0.2) is 4.98 Å². The van der Waals surface area contributed by atoms with Gasteiger partial charge in [-0.15, -0.1) is 0 Å². The molecule has 2 amide bonds. The summed E-state index contributed by atoms with van der Waals surface area (Å²) in [7, 11) is 0. The summed E-state index contributed by atoms with van der Waals surface area (Å²) in [4.78, 5) is 32.0. The number of halogens is 1. The molecule has 2 heterocycles. The number of piperazine rings is 1. The molecule has 2 N–H and O–H groups in total. The minimum Gasteiger partial charge on any atom is -0.364 e. The molecule has 0 unspecified atom stereocenters. The number of carbonyl (C=O) groups is 2. The van der Waals surface area contributed by atoms with E-state index in [9.17, 15) is 9.59 Å². The van der Waals surface area contributed by atoms with Crippen molar-refractivity contribution >= 4 is 33.6 Å². The molecule has 0 radical (unpaired) electrons. The average Bonchev–Trinajstić information content (AvgIpc) is 2.62. The van der Waals surface area contributed by atoms with Crippen molar-refractivity contribution in [1.29, 1.82) is 0 Å². The number of primary amides is 1. The fraction of sp³-hybridized carbons (Fsp3) is 0.235. The second-order valence-electron chi connectivity index (χ2n) is 5.50. The molecule has 0 aliphatic carbocycles. The highest BCUT2D eigenvalue weighted by molar-refractivity contribution is 9.10. The molecule has 2 aromatic rings. The summed E-state index contributed by atoms with van der Waals surface area (Å²) in [5, 5.41) is 0. The van der Waals surface area contributed by atoms with Crippen LogP contribution in [0.1, 0.15) is 20.8 Å². The lowest BCUT2D eigenvalue weighted by Gasteiger charge is -2.35. The summed E-state index contributed by atoms with van der Waals surface area (Å²) in [6, 6.07) is 12.6. The van der Waals surface area contributed by atoms with E-state index in [1.165, 1.54) is 0 Å². The first-order valence-corrected chi connectivity index (χ1v) is 8.41. The van der Waals surface area contributed by atoms with Crippen LogP contribution in [0, 0.1) is 0 Å². The molecule has 7 heteroatoms. The van der Waals surface area contributed by atoms with Gasteiger partial charge in [0.15, 0.2) is 0 Å². The summed E-state index contributed by atoms with van der Waals surface area (Å²) in [5.74, 6) is 0.180. The van der Waals surface area contributed by atoms with Crippen molar-refractivity contribution in [2.75, 3.05) is 31.1 Å². The smallest absolute Gasteiger partial charge is 0.267 e. The highest BCUT2D eigenvalue weighted by Gasteiger charge is 2.24. The predicted octanol–water partition coefficient (Wildman–Crippen LogP) is 1.91. The van der Waals surface area contributed by atoms with E-state index in [0.29, 0.717) is 37.6 Å². The van der Waals surface area contributed by atoms with Crippen LogP contribution in [0.15, 0.2) is 46.9 Å². The van der Waals surface area contributed by atoms with Crippen molar-refractivity contribution in [3.63, 3.8) is 0 Å². The van der Waals surface area contributed by atoms with Crippen LogP contribution in [0.3, 0.4) is 0 Å². The van der Waals surface area contributed by atoms with Crippen molar-refractivity contribution in [3.05, 3.63) is 58.2 Å². The van der Waals surface area contributed by atoms with Crippen molar-refractivity contribution in [2.24, 2.45) is 5.73 Å². The van der Waals surface area contributed by atoms with Crippen LogP contribution >= 0.6 is 15.9 Å². The first kappa shape index (κ1) is 16.4. The zero-order chi connectivity index (χ0) is 17.1. The lowest BCUT2D eigenvalue weighted by Crippen LogP contribution is -2.49. The van der Waals surface area contributed by atoms with Crippen molar-refractivity contribution < 1.29 is 9.59 Å². The van der Waals surface area contributed by atoms with E-state index in [1.807, 2.05) is 35.2 Å². The molecule has 0 spiro atoms. The summed E-state index contributed by atoms with van der Waals surface area (Å²) in [6.07, 6.45) is 0. The van der Waals surface area contributed by atoms with Gasteiger partial charge in [-0.3, -0.25) is 9.59 Å². The van der Waals surface area contributed by atoms with Crippen LogP contribution in [0.5, 0.6) is 0 Å². The van der Waals surface area contributed by atoms with E-state index >= 15 is 0 Å². The molecule has 124 valence electrons. The van der Waals surface area contributed by atoms with Crippen LogP contribution in [0.2, 0.25) is 0 Å². The molecule has 0 saturated carbocycles. The zero-order valence-electron chi connectivity index (χ0n) is 13.0. The van der Waals surface area contributed by atoms with E-state index in [0.717, 1.165) is 4.47 Å². The fourth-order valence-electron chi connectivity index (χ4n) is 2.68. The minimum atomic E-state index is -0.542. The van der Waals surface area contributed by atoms with Gasteiger partial charge in [0.25, 0.3) is 11.8 Å². The summed E-state index contributed by atoms with van der Waals surface area (Å²) >= 11 is 3.42. The maximum absolute atomic E-state index is 12.6. The third-order valence-electron chi connectivity index (χ3n) is 3.98. The van der Waals surface area contributed by atoms with Gasteiger partial charge in [0.2, 0.25) is 0 Å². The van der Waals surface area contributed by atoms with Gasteiger partial charge >= 0.3 is 0 Å². The normalized spacial score (nSPS) is 14.5. The number of hydrogen-bond acceptors (Lipinski definition) is 4. The molecular formula is C17H17BrN4O2. The zero-order valence-corrected chi connectivity index (χ0v) is 14.6. The minimum absolute atomic E-state index is 0.0148. The topological polar surface area (TPSA) is 79.5 Å². The third kappa shape index (κ3) is 3.41. The number of nitrogens with two attached hydrogens (primary N) is 1. The molecule has 1 aromatic heterocycles. The Labute approximate surface area is 148 Å². The molecule has 1 aromatic carbocycles. The Hall–Kier alpha value is -2.41. The molecule has 1 aliphatic rings. The van der Waals surface area contributed by atoms with Gasteiger partial charge in [-0.1, -0.05) is 18.2 Å². The molecule has 6 nitrogen and oxygen atoms in total. The fourth-order valence-corrected chi connectivity index (χ4v) is 3.13. The Balaban J connectivity index is 1.68. The van der Waals surface area contributed by atoms with E-state index in [2.05, 4.69) is 25.8 Å². The second kappa shape index (κ2) is 7.00. The monoisotopic (exact) mass is 388 g/mol. The molecule has 1 fully saturated rings. The molecule has 0 bridgehead atoms. The van der Waals surface area contributed by atoms with Gasteiger partial charge in [0, 0.05) is 30.7 Å². The number of benzene rings is 1. The Bertz CT molecular complexity index is 773. The number of rotatable bonds is 3. The number of hydrogen-bond donors (Lipinski definition) is 1. The first-order valence-electron chi connectivity index (χ1n) is 7.62. The van der Waals surface area contributed by atoms with Crippen LogP contribution < -0.4 is 10.6 Å². The van der Waals surface area contributed by atoms with Crippen molar-refractivity contribution in [2.45, 2.75) is 0 Å². The summed E-state index contributed by atoms with van der Waals surface area (Å²) in [6.45, 7) is 2.52. The van der Waals surface area contributed by atoms with Gasteiger partial charge in [-0.2, -0.15) is 0 Å². The standard InChI is InChI=1S/C17H17BrN4O2/c18-13-5-2-1-4-12(13)17(24)22-10-8-21(9-11-22)15-7-3-6-14(20-15)16(19)23/h1-7H,8-11H2,(H2,19,23). The van der Waals surface area contributed by atoms with Gasteiger partial charge in [0.05, 0.1) is 5.56 Å². The van der Waals surface area contributed by atoms with Crippen LogP contribution in [0.25, 0.3) is 0 Å². The molecular weight excluding hydrogens is 372 g/mol. The Kier molecular flexibility index (Phi) is 4.80. The number of anilines is 1. The molecule has 24 heavy (non-hydrogen) atoms. The SMILES string of the molecule is NC(=O)c1cccc(N2CCN(C(=O)c3ccccc3Br)CC2)n1. The number of nitrogens with zero attached hydrogens (tertiary/aromatic N) is 3. The predicted molar refractivity (Wildman–Crippen MR) is 95.0 cm³/mol. The summed E-state index contributed by atoms with van der Waals surface area (Å²) in [5.41, 5.74) is 6.19. The van der Waals surface area contributed by atoms with Crippen LogP contribution in [0.4, 0.5) is 5.82 Å². The van der Waals surface area contributed by atoms with Crippen LogP contribution in [-0.4, -0.2) is 47.9 Å². The van der Waals surface area contributed by atoms with E-state index in [4.69, 9.17) is 5.73 Å². The van der Waals surface area contributed by atoms with E-state index in [1.54, 1.807) is 12.1 Å². The highest BCUT2D eigenvalue weighted by Crippen LogP contribution is 2.20. The second-order valence-corrected chi connectivity index (χ2v) is 6.36. The maximum atomic E-state index is 12.6. The molecule has 1 saturated heterocycles. The van der Waals surface area contributed by atoms with Gasteiger partial charge in [0.1, 0.15) is 11.5 Å². The number of pyridine rings is 1. The first-order chi connectivity index (χ1) is 11.6. The average molecular weight is 389 g/mol.